The van der Waals surface area contributed by atoms with Crippen LogP contribution in [0.5, 0.6) is 0 Å². The zero-order valence-electron chi connectivity index (χ0n) is 18.6. The van der Waals surface area contributed by atoms with Gasteiger partial charge in [-0.3, -0.25) is 4.90 Å². The number of carbonyl (C=O) groups is 1. The lowest BCUT2D eigenvalue weighted by atomic mass is 10.1. The maximum Gasteiger partial charge on any atom is 0.329 e. The SMILES string of the molecule is Cc1ccc(N(C(=O)N(Cc2ccccc2)Cc2ccccc2)c2ccccc2)c(C)c1. The predicted octanol–water partition coefficient (Wildman–Crippen LogP) is 7.26. The molecule has 0 aliphatic rings. The van der Waals surface area contributed by atoms with Crippen LogP contribution in [-0.2, 0) is 13.1 Å². The predicted molar refractivity (Wildman–Crippen MR) is 132 cm³/mol. The highest BCUT2D eigenvalue weighted by atomic mass is 16.2. The highest BCUT2D eigenvalue weighted by molar-refractivity contribution is 6.00. The number of carbonyl (C=O) groups excluding carboxylic acids is 1. The van der Waals surface area contributed by atoms with Gasteiger partial charge in [0.2, 0.25) is 0 Å². The van der Waals surface area contributed by atoms with Gasteiger partial charge in [0.1, 0.15) is 0 Å². The van der Waals surface area contributed by atoms with E-state index in [0.29, 0.717) is 13.1 Å². The van der Waals surface area contributed by atoms with E-state index in [4.69, 9.17) is 0 Å². The van der Waals surface area contributed by atoms with Crippen molar-refractivity contribution in [2.45, 2.75) is 26.9 Å². The summed E-state index contributed by atoms with van der Waals surface area (Å²) in [6, 6.07) is 36.4. The molecule has 0 unspecified atom stereocenters. The van der Waals surface area contributed by atoms with Gasteiger partial charge in [-0.05, 0) is 48.7 Å². The number of para-hydroxylation sites is 1. The quantitative estimate of drug-likeness (QED) is 0.322. The number of benzene rings is 4. The molecular weight excluding hydrogens is 392 g/mol. The molecule has 3 nitrogen and oxygen atoms in total. The molecule has 0 fully saturated rings. The molecule has 0 bridgehead atoms. The summed E-state index contributed by atoms with van der Waals surface area (Å²) in [6.45, 7) is 5.19. The van der Waals surface area contributed by atoms with Gasteiger partial charge in [0.25, 0.3) is 0 Å². The topological polar surface area (TPSA) is 23.6 Å². The molecule has 0 aromatic heterocycles. The van der Waals surface area contributed by atoms with Gasteiger partial charge >= 0.3 is 6.03 Å². The minimum absolute atomic E-state index is 0.0455. The lowest BCUT2D eigenvalue weighted by Crippen LogP contribution is -2.40. The van der Waals surface area contributed by atoms with Crippen molar-refractivity contribution in [2.24, 2.45) is 0 Å². The lowest BCUT2D eigenvalue weighted by molar-refractivity contribution is 0.202. The summed E-state index contributed by atoms with van der Waals surface area (Å²) in [7, 11) is 0. The van der Waals surface area contributed by atoms with Crippen LogP contribution in [0.3, 0.4) is 0 Å². The van der Waals surface area contributed by atoms with E-state index < -0.39 is 0 Å². The standard InChI is InChI=1S/C29H28N2O/c1-23-18-19-28(24(2)20-23)31(27-16-10-5-11-17-27)29(32)30(21-25-12-6-3-7-13-25)22-26-14-8-4-9-15-26/h3-20H,21-22H2,1-2H3. The fraction of sp³-hybridized carbons (Fsp3) is 0.138. The van der Waals surface area contributed by atoms with E-state index in [9.17, 15) is 4.79 Å². The molecule has 160 valence electrons. The van der Waals surface area contributed by atoms with Crippen molar-refractivity contribution in [2.75, 3.05) is 4.90 Å². The maximum absolute atomic E-state index is 14.1. The number of amides is 2. The number of hydrogen-bond acceptors (Lipinski definition) is 1. The Labute approximate surface area is 190 Å². The smallest absolute Gasteiger partial charge is 0.315 e. The van der Waals surface area contributed by atoms with Crippen molar-refractivity contribution < 1.29 is 4.79 Å². The monoisotopic (exact) mass is 420 g/mol. The highest BCUT2D eigenvalue weighted by Crippen LogP contribution is 2.31. The second-order valence-electron chi connectivity index (χ2n) is 8.07. The summed E-state index contributed by atoms with van der Waals surface area (Å²) < 4.78 is 0. The second-order valence-corrected chi connectivity index (χ2v) is 8.07. The fourth-order valence-corrected chi connectivity index (χ4v) is 3.93. The summed E-state index contributed by atoms with van der Waals surface area (Å²) in [6.07, 6.45) is 0. The third kappa shape index (κ3) is 5.06. The average Bonchev–Trinajstić information content (AvgIpc) is 2.82. The summed E-state index contributed by atoms with van der Waals surface area (Å²) >= 11 is 0. The van der Waals surface area contributed by atoms with Crippen LogP contribution in [0.1, 0.15) is 22.3 Å². The van der Waals surface area contributed by atoms with Gasteiger partial charge in [0, 0.05) is 13.1 Å². The van der Waals surface area contributed by atoms with Crippen LogP contribution in [0.4, 0.5) is 16.2 Å². The zero-order valence-corrected chi connectivity index (χ0v) is 18.6. The average molecular weight is 421 g/mol. The van der Waals surface area contributed by atoms with Gasteiger partial charge in [0.15, 0.2) is 0 Å². The molecule has 4 aromatic carbocycles. The molecule has 0 saturated carbocycles. The number of urea groups is 1. The third-order valence-corrected chi connectivity index (χ3v) is 5.50. The lowest BCUT2D eigenvalue weighted by Gasteiger charge is -2.32. The number of rotatable bonds is 6. The summed E-state index contributed by atoms with van der Waals surface area (Å²) in [5.74, 6) is 0. The van der Waals surface area contributed by atoms with Crippen LogP contribution in [0.25, 0.3) is 0 Å². The van der Waals surface area contributed by atoms with E-state index in [1.807, 2.05) is 82.6 Å². The maximum atomic E-state index is 14.1. The number of aryl methyl sites for hydroxylation is 2. The fourth-order valence-electron chi connectivity index (χ4n) is 3.93. The number of hydrogen-bond donors (Lipinski definition) is 0. The Morgan fingerprint density at radius 3 is 1.66 bits per heavy atom. The van der Waals surface area contributed by atoms with Gasteiger partial charge in [-0.2, -0.15) is 0 Å². The first-order valence-corrected chi connectivity index (χ1v) is 10.9. The van der Waals surface area contributed by atoms with Crippen molar-refractivity contribution in [3.05, 3.63) is 131 Å². The molecular formula is C29H28N2O. The molecule has 0 spiro atoms. The molecule has 0 saturated heterocycles. The Hall–Kier alpha value is -3.85. The van der Waals surface area contributed by atoms with Gasteiger partial charge in [-0.15, -0.1) is 0 Å². The minimum atomic E-state index is -0.0455. The van der Waals surface area contributed by atoms with Crippen LogP contribution < -0.4 is 4.90 Å². The molecule has 3 heteroatoms. The van der Waals surface area contributed by atoms with E-state index in [1.165, 1.54) is 5.56 Å². The van der Waals surface area contributed by atoms with Crippen molar-refractivity contribution in [3.63, 3.8) is 0 Å². The summed E-state index contributed by atoms with van der Waals surface area (Å²) in [4.78, 5) is 17.9. The van der Waals surface area contributed by atoms with Gasteiger partial charge in [-0.1, -0.05) is 96.6 Å². The Morgan fingerprint density at radius 1 is 0.656 bits per heavy atom. The van der Waals surface area contributed by atoms with Crippen molar-refractivity contribution >= 4 is 17.4 Å². The molecule has 0 radical (unpaired) electrons. The van der Waals surface area contributed by atoms with Gasteiger partial charge < -0.3 is 4.90 Å². The number of nitrogens with zero attached hydrogens (tertiary/aromatic N) is 2. The molecule has 4 rings (SSSR count). The Kier molecular flexibility index (Phi) is 6.66. The van der Waals surface area contributed by atoms with Crippen LogP contribution in [0, 0.1) is 13.8 Å². The first-order valence-electron chi connectivity index (χ1n) is 10.9. The third-order valence-electron chi connectivity index (χ3n) is 5.50. The molecule has 2 amide bonds. The molecule has 0 N–H and O–H groups in total. The van der Waals surface area contributed by atoms with E-state index in [0.717, 1.165) is 28.1 Å². The minimum Gasteiger partial charge on any atom is -0.315 e. The molecule has 0 heterocycles. The molecule has 0 aliphatic carbocycles. The largest absolute Gasteiger partial charge is 0.329 e. The normalized spacial score (nSPS) is 10.6. The van der Waals surface area contributed by atoms with Crippen LogP contribution in [0.15, 0.2) is 109 Å². The van der Waals surface area contributed by atoms with E-state index in [1.54, 1.807) is 0 Å². The van der Waals surface area contributed by atoms with Crippen molar-refractivity contribution in [1.29, 1.82) is 0 Å². The first-order chi connectivity index (χ1) is 15.6. The number of anilines is 2. The van der Waals surface area contributed by atoms with Crippen molar-refractivity contribution in [1.82, 2.24) is 4.90 Å². The van der Waals surface area contributed by atoms with Crippen LogP contribution in [0.2, 0.25) is 0 Å². The zero-order chi connectivity index (χ0) is 22.3. The Morgan fingerprint density at radius 2 is 1.16 bits per heavy atom. The highest BCUT2D eigenvalue weighted by Gasteiger charge is 2.25. The van der Waals surface area contributed by atoms with Gasteiger partial charge in [-0.25, -0.2) is 4.79 Å². The van der Waals surface area contributed by atoms with Crippen molar-refractivity contribution in [3.8, 4) is 0 Å². The van der Waals surface area contributed by atoms with Gasteiger partial charge in [0.05, 0.1) is 11.4 Å². The molecule has 0 atom stereocenters. The summed E-state index contributed by atoms with van der Waals surface area (Å²) in [5.41, 5.74) is 6.21. The van der Waals surface area contributed by atoms with E-state index >= 15 is 0 Å². The van der Waals surface area contributed by atoms with E-state index in [-0.39, 0.29) is 6.03 Å². The molecule has 0 aliphatic heterocycles. The first kappa shape index (κ1) is 21.4. The Bertz CT molecular complexity index is 1120. The Balaban J connectivity index is 1.76. The van der Waals surface area contributed by atoms with E-state index in [2.05, 4.69) is 50.2 Å². The van der Waals surface area contributed by atoms with Crippen LogP contribution >= 0.6 is 0 Å². The second kappa shape index (κ2) is 9.97. The molecule has 32 heavy (non-hydrogen) atoms. The molecule has 4 aromatic rings. The van der Waals surface area contributed by atoms with Crippen LogP contribution in [-0.4, -0.2) is 10.9 Å². The summed E-state index contributed by atoms with van der Waals surface area (Å²) in [5, 5.41) is 0.